The second kappa shape index (κ2) is 6.71. The Labute approximate surface area is 174 Å². The summed E-state index contributed by atoms with van der Waals surface area (Å²) in [6, 6.07) is 15.9. The third-order valence-electron chi connectivity index (χ3n) is 6.72. The molecule has 0 amide bonds. The second-order valence-electron chi connectivity index (χ2n) is 8.42. The van der Waals surface area contributed by atoms with Crippen LogP contribution in [0.25, 0.3) is 11.0 Å². The van der Waals surface area contributed by atoms with Crippen LogP contribution < -0.4 is 10.7 Å². The molecule has 1 fully saturated rings. The molecule has 0 unspecified atom stereocenters. The lowest BCUT2D eigenvalue weighted by atomic mass is 9.90. The number of likely N-dealkylation sites (tertiary alicyclic amines) is 1. The normalized spacial score (nSPS) is 20.0. The first kappa shape index (κ1) is 17.7. The summed E-state index contributed by atoms with van der Waals surface area (Å²) in [5.41, 5.74) is 3.75. The molecule has 6 nitrogen and oxygen atoms in total. The molecule has 0 bridgehead atoms. The van der Waals surface area contributed by atoms with Gasteiger partial charge in [0.2, 0.25) is 0 Å². The number of anilines is 1. The Kier molecular flexibility index (Phi) is 3.96. The Morgan fingerprint density at radius 1 is 1.03 bits per heavy atom. The summed E-state index contributed by atoms with van der Waals surface area (Å²) in [5.74, 6) is 1.13. The van der Waals surface area contributed by atoms with E-state index < -0.39 is 0 Å². The quantitative estimate of drug-likeness (QED) is 0.715. The highest BCUT2D eigenvalue weighted by molar-refractivity contribution is 6.06. The molecular formula is C24H24N4O2. The number of nitrogens with one attached hydrogen (secondary N) is 1. The number of para-hydroxylation sites is 2. The molecule has 3 aliphatic rings. The van der Waals surface area contributed by atoms with Crippen molar-refractivity contribution in [3.05, 3.63) is 76.1 Å². The molecule has 4 heterocycles. The van der Waals surface area contributed by atoms with Crippen LogP contribution >= 0.6 is 0 Å². The van der Waals surface area contributed by atoms with Crippen molar-refractivity contribution in [3.8, 4) is 0 Å². The number of fused-ring (bicyclic) bond motifs is 5. The zero-order chi connectivity index (χ0) is 20.1. The van der Waals surface area contributed by atoms with Crippen molar-refractivity contribution in [1.29, 1.82) is 0 Å². The van der Waals surface area contributed by atoms with Crippen LogP contribution in [0.15, 0.2) is 69.0 Å². The van der Waals surface area contributed by atoms with Crippen molar-refractivity contribution >= 4 is 22.5 Å². The fourth-order valence-electron chi connectivity index (χ4n) is 5.14. The molecule has 2 aromatic carbocycles. The highest BCUT2D eigenvalue weighted by Crippen LogP contribution is 2.39. The minimum absolute atomic E-state index is 0.0795. The van der Waals surface area contributed by atoms with Gasteiger partial charge in [0.25, 0.3) is 0 Å². The molecule has 6 heteroatoms. The molecule has 0 aliphatic carbocycles. The van der Waals surface area contributed by atoms with E-state index in [4.69, 9.17) is 9.41 Å². The molecule has 0 radical (unpaired) electrons. The SMILES string of the molecule is O=c1c(CN2CCC3(CC2)Nc2ccccc2C2=NCCN23)coc2ccccc12. The maximum atomic E-state index is 12.9. The second-order valence-corrected chi connectivity index (χ2v) is 8.42. The summed E-state index contributed by atoms with van der Waals surface area (Å²) in [6.45, 7) is 4.29. The van der Waals surface area contributed by atoms with Crippen molar-refractivity contribution in [3.63, 3.8) is 0 Å². The van der Waals surface area contributed by atoms with Gasteiger partial charge in [-0.3, -0.25) is 14.7 Å². The third-order valence-corrected chi connectivity index (χ3v) is 6.72. The number of hydrogen-bond donors (Lipinski definition) is 1. The number of benzene rings is 2. The fraction of sp³-hybridized carbons (Fsp3) is 0.333. The molecular weight excluding hydrogens is 376 g/mol. The van der Waals surface area contributed by atoms with Crippen molar-refractivity contribution in [2.24, 2.45) is 4.99 Å². The molecule has 1 aromatic heterocycles. The zero-order valence-electron chi connectivity index (χ0n) is 16.8. The van der Waals surface area contributed by atoms with Crippen molar-refractivity contribution in [2.75, 3.05) is 31.5 Å². The van der Waals surface area contributed by atoms with Crippen molar-refractivity contribution < 1.29 is 4.42 Å². The van der Waals surface area contributed by atoms with Crippen LogP contribution in [0.3, 0.4) is 0 Å². The van der Waals surface area contributed by atoms with Crippen LogP contribution in [0.1, 0.15) is 24.0 Å². The monoisotopic (exact) mass is 400 g/mol. The highest BCUT2D eigenvalue weighted by atomic mass is 16.3. The maximum absolute atomic E-state index is 12.9. The van der Waals surface area contributed by atoms with Gasteiger partial charge in [-0.05, 0) is 24.3 Å². The lowest BCUT2D eigenvalue weighted by Gasteiger charge is -2.52. The van der Waals surface area contributed by atoms with Crippen molar-refractivity contribution in [1.82, 2.24) is 9.80 Å². The summed E-state index contributed by atoms with van der Waals surface area (Å²) in [4.78, 5) is 22.5. The molecule has 0 saturated carbocycles. The number of amidine groups is 1. The van der Waals surface area contributed by atoms with E-state index in [1.807, 2.05) is 24.3 Å². The largest absolute Gasteiger partial charge is 0.464 e. The summed E-state index contributed by atoms with van der Waals surface area (Å²) in [6.07, 6.45) is 3.61. The maximum Gasteiger partial charge on any atom is 0.197 e. The Hall–Kier alpha value is -3.12. The molecule has 30 heavy (non-hydrogen) atoms. The standard InChI is InChI=1S/C24H24N4O2/c29-22-17(16-30-21-8-4-2-6-19(21)22)15-27-12-9-24(10-13-27)26-20-7-3-1-5-18(20)23-25-11-14-28(23)24/h1-8,16,26H,9-15H2. The van der Waals surface area contributed by atoms with Gasteiger partial charge >= 0.3 is 0 Å². The van der Waals surface area contributed by atoms with E-state index in [2.05, 4.69) is 39.4 Å². The molecule has 3 aliphatic heterocycles. The Morgan fingerprint density at radius 3 is 2.73 bits per heavy atom. The highest BCUT2D eigenvalue weighted by Gasteiger charge is 2.46. The van der Waals surface area contributed by atoms with E-state index in [-0.39, 0.29) is 11.1 Å². The van der Waals surface area contributed by atoms with Gasteiger partial charge in [-0.15, -0.1) is 0 Å². The first-order valence-electron chi connectivity index (χ1n) is 10.6. The number of hydrogen-bond acceptors (Lipinski definition) is 6. The van der Waals surface area contributed by atoms with E-state index >= 15 is 0 Å². The minimum Gasteiger partial charge on any atom is -0.464 e. The Bertz CT molecular complexity index is 1210. The van der Waals surface area contributed by atoms with Gasteiger partial charge in [-0.25, -0.2) is 0 Å². The number of nitrogens with zero attached hydrogens (tertiary/aromatic N) is 3. The molecule has 152 valence electrons. The Morgan fingerprint density at radius 2 is 1.83 bits per heavy atom. The average Bonchev–Trinajstić information content (AvgIpc) is 3.29. The molecule has 1 spiro atoms. The van der Waals surface area contributed by atoms with Crippen LogP contribution in [0.5, 0.6) is 0 Å². The van der Waals surface area contributed by atoms with Crippen LogP contribution in [0.2, 0.25) is 0 Å². The van der Waals surface area contributed by atoms with Gasteiger partial charge in [-0.2, -0.15) is 0 Å². The summed E-state index contributed by atoms with van der Waals surface area (Å²) < 4.78 is 5.71. The van der Waals surface area contributed by atoms with Crippen LogP contribution in [0, 0.1) is 0 Å². The van der Waals surface area contributed by atoms with E-state index in [9.17, 15) is 4.79 Å². The van der Waals surface area contributed by atoms with Crippen LogP contribution in [0.4, 0.5) is 5.69 Å². The zero-order valence-corrected chi connectivity index (χ0v) is 16.8. The minimum atomic E-state index is -0.0890. The van der Waals surface area contributed by atoms with E-state index in [0.29, 0.717) is 17.5 Å². The van der Waals surface area contributed by atoms with E-state index in [1.54, 1.807) is 6.26 Å². The summed E-state index contributed by atoms with van der Waals surface area (Å²) in [5, 5.41) is 4.50. The van der Waals surface area contributed by atoms with Gasteiger partial charge in [0.05, 0.1) is 18.2 Å². The van der Waals surface area contributed by atoms with E-state index in [1.165, 1.54) is 11.3 Å². The van der Waals surface area contributed by atoms with Crippen LogP contribution in [-0.4, -0.2) is 47.5 Å². The molecule has 3 aromatic rings. The lowest BCUT2D eigenvalue weighted by Crippen LogP contribution is -2.63. The van der Waals surface area contributed by atoms with E-state index in [0.717, 1.165) is 50.4 Å². The number of aliphatic imine (C=N–C) groups is 1. The van der Waals surface area contributed by atoms with Gasteiger partial charge < -0.3 is 14.6 Å². The Balaban J connectivity index is 1.23. The predicted octanol–water partition coefficient (Wildman–Crippen LogP) is 3.27. The third kappa shape index (κ3) is 2.67. The fourth-order valence-corrected chi connectivity index (χ4v) is 5.14. The summed E-state index contributed by atoms with van der Waals surface area (Å²) in [7, 11) is 0. The number of rotatable bonds is 2. The van der Waals surface area contributed by atoms with Gasteiger partial charge in [-0.1, -0.05) is 24.3 Å². The van der Waals surface area contributed by atoms with Gasteiger partial charge in [0.15, 0.2) is 5.43 Å². The lowest BCUT2D eigenvalue weighted by molar-refractivity contribution is 0.0891. The predicted molar refractivity (Wildman–Crippen MR) is 118 cm³/mol. The first-order valence-corrected chi connectivity index (χ1v) is 10.6. The number of piperidine rings is 1. The molecule has 0 atom stereocenters. The van der Waals surface area contributed by atoms with Crippen molar-refractivity contribution in [2.45, 2.75) is 25.0 Å². The molecule has 6 rings (SSSR count). The molecule has 1 N–H and O–H groups in total. The molecule has 1 saturated heterocycles. The topological polar surface area (TPSA) is 61.1 Å². The average molecular weight is 400 g/mol. The van der Waals surface area contributed by atoms with Gasteiger partial charge in [0, 0.05) is 55.8 Å². The smallest absolute Gasteiger partial charge is 0.197 e. The van der Waals surface area contributed by atoms with Gasteiger partial charge in [0.1, 0.15) is 17.1 Å². The first-order chi connectivity index (χ1) is 14.7. The summed E-state index contributed by atoms with van der Waals surface area (Å²) >= 11 is 0. The van der Waals surface area contributed by atoms with Crippen LogP contribution in [-0.2, 0) is 6.54 Å².